The molecule has 1 aromatic heterocycles. The van der Waals surface area contributed by atoms with Crippen molar-refractivity contribution in [1.29, 1.82) is 0 Å². The summed E-state index contributed by atoms with van der Waals surface area (Å²) in [4.78, 5) is 15.4. The Hall–Kier alpha value is -1.62. The summed E-state index contributed by atoms with van der Waals surface area (Å²) in [5, 5.41) is 3.26. The van der Waals surface area contributed by atoms with E-state index < -0.39 is 0 Å². The number of aromatic nitrogens is 1. The molecule has 17 heavy (non-hydrogen) atoms. The third-order valence-corrected chi connectivity index (χ3v) is 2.70. The maximum Gasteiger partial charge on any atom is 0.338 e. The number of hydrogen-bond acceptors (Lipinski definition) is 5. The molecule has 2 rings (SSSR count). The minimum absolute atomic E-state index is 0.129. The second-order valence-electron chi connectivity index (χ2n) is 3.96. The van der Waals surface area contributed by atoms with E-state index in [4.69, 9.17) is 4.74 Å². The molecule has 0 unspecified atom stereocenters. The van der Waals surface area contributed by atoms with Crippen molar-refractivity contribution in [1.82, 2.24) is 10.3 Å². The molecule has 1 aromatic rings. The fourth-order valence-electron chi connectivity index (χ4n) is 1.81. The molecule has 5 heteroatoms. The van der Waals surface area contributed by atoms with Crippen molar-refractivity contribution < 1.29 is 14.3 Å². The predicted molar refractivity (Wildman–Crippen MR) is 62.1 cm³/mol. The van der Waals surface area contributed by atoms with E-state index in [2.05, 4.69) is 15.0 Å². The highest BCUT2D eigenvalue weighted by molar-refractivity contribution is 5.89. The van der Waals surface area contributed by atoms with Crippen molar-refractivity contribution in [3.63, 3.8) is 0 Å². The van der Waals surface area contributed by atoms with E-state index in [1.165, 1.54) is 7.11 Å². The highest BCUT2D eigenvalue weighted by Gasteiger charge is 2.15. The Balaban J connectivity index is 2.02. The van der Waals surface area contributed by atoms with Crippen LogP contribution in [0.4, 0.5) is 0 Å². The molecule has 0 radical (unpaired) electrons. The fraction of sp³-hybridized carbons (Fsp3) is 0.500. The van der Waals surface area contributed by atoms with E-state index in [0.717, 1.165) is 25.9 Å². The Labute approximate surface area is 100 Å². The van der Waals surface area contributed by atoms with Crippen LogP contribution in [0.25, 0.3) is 0 Å². The molecule has 2 heterocycles. The maximum atomic E-state index is 11.3. The fourth-order valence-corrected chi connectivity index (χ4v) is 1.81. The third-order valence-electron chi connectivity index (χ3n) is 2.70. The average Bonchev–Trinajstić information content (AvgIpc) is 2.39. The summed E-state index contributed by atoms with van der Waals surface area (Å²) in [5.74, 6) is 0.0978. The second-order valence-corrected chi connectivity index (χ2v) is 3.96. The number of carbonyl (C=O) groups is 1. The first kappa shape index (κ1) is 11.9. The summed E-state index contributed by atoms with van der Waals surface area (Å²) in [7, 11) is 1.36. The summed E-state index contributed by atoms with van der Waals surface area (Å²) in [6, 6.07) is 3.22. The Kier molecular flexibility index (Phi) is 3.93. The van der Waals surface area contributed by atoms with Gasteiger partial charge < -0.3 is 14.8 Å². The SMILES string of the molecule is COC(=O)c1ccnc(O[C@@H]2CCCNC2)c1. The number of nitrogens with zero attached hydrogens (tertiary/aromatic N) is 1. The van der Waals surface area contributed by atoms with Crippen LogP contribution in [0.5, 0.6) is 5.88 Å². The first-order chi connectivity index (χ1) is 8.29. The second kappa shape index (κ2) is 5.63. The van der Waals surface area contributed by atoms with E-state index in [-0.39, 0.29) is 12.1 Å². The van der Waals surface area contributed by atoms with Gasteiger partial charge in [0.25, 0.3) is 0 Å². The van der Waals surface area contributed by atoms with Crippen molar-refractivity contribution in [3.05, 3.63) is 23.9 Å². The third kappa shape index (κ3) is 3.17. The lowest BCUT2D eigenvalue weighted by Crippen LogP contribution is -2.37. The van der Waals surface area contributed by atoms with Crippen LogP contribution in [0.1, 0.15) is 23.2 Å². The summed E-state index contributed by atoms with van der Waals surface area (Å²) in [6.45, 7) is 1.86. The number of ether oxygens (including phenoxy) is 2. The highest BCUT2D eigenvalue weighted by atomic mass is 16.5. The number of methoxy groups -OCH3 is 1. The normalized spacial score (nSPS) is 19.7. The van der Waals surface area contributed by atoms with Gasteiger partial charge in [-0.2, -0.15) is 0 Å². The Morgan fingerprint density at radius 3 is 3.18 bits per heavy atom. The van der Waals surface area contributed by atoms with Crippen LogP contribution in [0, 0.1) is 0 Å². The van der Waals surface area contributed by atoms with Gasteiger partial charge in [-0.15, -0.1) is 0 Å². The standard InChI is InChI=1S/C12H16N2O3/c1-16-12(15)9-4-6-14-11(7-9)17-10-3-2-5-13-8-10/h4,6-7,10,13H,2-3,5,8H2,1H3/t10-/m1/s1. The van der Waals surface area contributed by atoms with Gasteiger partial charge in [-0.25, -0.2) is 9.78 Å². The smallest absolute Gasteiger partial charge is 0.338 e. The molecule has 0 saturated carbocycles. The molecule has 1 aliphatic rings. The lowest BCUT2D eigenvalue weighted by Gasteiger charge is -2.23. The minimum atomic E-state index is -0.376. The summed E-state index contributed by atoms with van der Waals surface area (Å²) in [5.41, 5.74) is 0.460. The van der Waals surface area contributed by atoms with Gasteiger partial charge in [0.1, 0.15) is 6.10 Å². The highest BCUT2D eigenvalue weighted by Crippen LogP contribution is 2.15. The molecule has 1 fully saturated rings. The van der Waals surface area contributed by atoms with E-state index in [1.54, 1.807) is 18.3 Å². The molecule has 0 bridgehead atoms. The predicted octanol–water partition coefficient (Wildman–Crippen LogP) is 0.999. The van der Waals surface area contributed by atoms with Gasteiger partial charge in [0.2, 0.25) is 5.88 Å². The largest absolute Gasteiger partial charge is 0.473 e. The van der Waals surface area contributed by atoms with Crippen LogP contribution >= 0.6 is 0 Å². The Morgan fingerprint density at radius 1 is 1.59 bits per heavy atom. The van der Waals surface area contributed by atoms with Crippen LogP contribution in [0.2, 0.25) is 0 Å². The molecule has 1 saturated heterocycles. The van der Waals surface area contributed by atoms with Crippen LogP contribution < -0.4 is 10.1 Å². The minimum Gasteiger partial charge on any atom is -0.473 e. The molecule has 0 aromatic carbocycles. The topological polar surface area (TPSA) is 60.5 Å². The zero-order valence-electron chi connectivity index (χ0n) is 9.81. The number of pyridine rings is 1. The van der Waals surface area contributed by atoms with Crippen LogP contribution in [-0.2, 0) is 4.74 Å². The number of carbonyl (C=O) groups excluding carboxylic acids is 1. The van der Waals surface area contributed by atoms with Crippen LogP contribution in [0.15, 0.2) is 18.3 Å². The number of rotatable bonds is 3. The van der Waals surface area contributed by atoms with Gasteiger partial charge in [-0.3, -0.25) is 0 Å². The van der Waals surface area contributed by atoms with Gasteiger partial charge in [-0.05, 0) is 25.5 Å². The quantitative estimate of drug-likeness (QED) is 0.793. The molecule has 5 nitrogen and oxygen atoms in total. The van der Waals surface area contributed by atoms with E-state index in [1.807, 2.05) is 0 Å². The van der Waals surface area contributed by atoms with Gasteiger partial charge in [-0.1, -0.05) is 0 Å². The van der Waals surface area contributed by atoms with Crippen molar-refractivity contribution in [3.8, 4) is 5.88 Å². The van der Waals surface area contributed by atoms with Gasteiger partial charge in [0.05, 0.1) is 12.7 Å². The van der Waals surface area contributed by atoms with Crippen molar-refractivity contribution in [2.75, 3.05) is 20.2 Å². The first-order valence-corrected chi connectivity index (χ1v) is 5.71. The van der Waals surface area contributed by atoms with E-state index in [0.29, 0.717) is 11.4 Å². The van der Waals surface area contributed by atoms with Gasteiger partial charge >= 0.3 is 5.97 Å². The monoisotopic (exact) mass is 236 g/mol. The lowest BCUT2D eigenvalue weighted by molar-refractivity contribution is 0.0599. The number of hydrogen-bond donors (Lipinski definition) is 1. The van der Waals surface area contributed by atoms with Gasteiger partial charge in [0.15, 0.2) is 0 Å². The molecular formula is C12H16N2O3. The maximum absolute atomic E-state index is 11.3. The average molecular weight is 236 g/mol. The number of piperidine rings is 1. The number of nitrogens with one attached hydrogen (secondary N) is 1. The van der Waals surface area contributed by atoms with Crippen molar-refractivity contribution >= 4 is 5.97 Å². The van der Waals surface area contributed by atoms with Crippen molar-refractivity contribution in [2.45, 2.75) is 18.9 Å². The zero-order valence-corrected chi connectivity index (χ0v) is 9.81. The summed E-state index contributed by atoms with van der Waals surface area (Å²) >= 11 is 0. The molecule has 92 valence electrons. The zero-order chi connectivity index (χ0) is 12.1. The molecule has 0 aliphatic carbocycles. The van der Waals surface area contributed by atoms with Crippen molar-refractivity contribution in [2.24, 2.45) is 0 Å². The van der Waals surface area contributed by atoms with Gasteiger partial charge in [0, 0.05) is 18.8 Å². The Morgan fingerprint density at radius 2 is 2.47 bits per heavy atom. The first-order valence-electron chi connectivity index (χ1n) is 5.71. The molecule has 0 amide bonds. The molecule has 1 aliphatic heterocycles. The molecular weight excluding hydrogens is 220 g/mol. The van der Waals surface area contributed by atoms with E-state index in [9.17, 15) is 4.79 Å². The van der Waals surface area contributed by atoms with E-state index >= 15 is 0 Å². The lowest BCUT2D eigenvalue weighted by atomic mass is 10.1. The summed E-state index contributed by atoms with van der Waals surface area (Å²) in [6.07, 6.45) is 3.79. The number of esters is 1. The summed E-state index contributed by atoms with van der Waals surface area (Å²) < 4.78 is 10.4. The molecule has 1 N–H and O–H groups in total. The molecule has 1 atom stereocenters. The molecule has 0 spiro atoms. The Bertz CT molecular complexity index is 389. The van der Waals surface area contributed by atoms with Crippen LogP contribution in [-0.4, -0.2) is 37.3 Å². The van der Waals surface area contributed by atoms with Crippen LogP contribution in [0.3, 0.4) is 0 Å².